The number of sulfonamides is 1. The summed E-state index contributed by atoms with van der Waals surface area (Å²) >= 11 is 0. The van der Waals surface area contributed by atoms with Crippen LogP contribution >= 0.6 is 0 Å². The monoisotopic (exact) mass is 416 g/mol. The van der Waals surface area contributed by atoms with E-state index in [1.165, 1.54) is 7.05 Å². The van der Waals surface area contributed by atoms with E-state index in [1.807, 2.05) is 20.8 Å². The van der Waals surface area contributed by atoms with E-state index in [-0.39, 0.29) is 16.6 Å². The lowest BCUT2D eigenvalue weighted by atomic mass is 10.0. The molecule has 0 heterocycles. The molecule has 156 valence electrons. The van der Waals surface area contributed by atoms with Crippen LogP contribution in [-0.4, -0.2) is 37.6 Å². The Bertz CT molecular complexity index is 968. The maximum absolute atomic E-state index is 13.1. The lowest BCUT2D eigenvalue weighted by Crippen LogP contribution is -2.45. The Hall–Kier alpha value is -2.71. The molecule has 1 amide bonds. The zero-order valence-electron chi connectivity index (χ0n) is 17.1. The lowest BCUT2D eigenvalue weighted by molar-refractivity contribution is -0.120. The fourth-order valence-corrected chi connectivity index (χ4v) is 4.20. The molecule has 2 rings (SSSR count). The average molecular weight is 417 g/mol. The number of carbonyl (C=O) groups is 1. The summed E-state index contributed by atoms with van der Waals surface area (Å²) in [6.07, 6.45) is 0.374. The quantitative estimate of drug-likeness (QED) is 0.453. The van der Waals surface area contributed by atoms with Crippen molar-refractivity contribution >= 4 is 27.5 Å². The summed E-state index contributed by atoms with van der Waals surface area (Å²) in [4.78, 5) is 13.1. The summed E-state index contributed by atoms with van der Waals surface area (Å²) in [5.74, 6) is -0.363. The molecule has 1 unspecified atom stereocenters. The van der Waals surface area contributed by atoms with E-state index in [0.717, 1.165) is 9.87 Å². The second-order valence-corrected chi connectivity index (χ2v) is 9.46. The molecule has 4 N–H and O–H groups in total. The number of anilines is 1. The van der Waals surface area contributed by atoms with Crippen molar-refractivity contribution in [3.63, 3.8) is 0 Å². The van der Waals surface area contributed by atoms with Gasteiger partial charge in [0, 0.05) is 18.3 Å². The number of nitrogens with zero attached hydrogens (tertiary/aromatic N) is 1. The number of hydrogen-bond acceptors (Lipinski definition) is 4. The summed E-state index contributed by atoms with van der Waals surface area (Å²) in [5.41, 5.74) is 7.45. The van der Waals surface area contributed by atoms with Crippen molar-refractivity contribution in [1.82, 2.24) is 4.31 Å². The van der Waals surface area contributed by atoms with E-state index in [4.69, 9.17) is 11.1 Å². The lowest BCUT2D eigenvalue weighted by Gasteiger charge is -2.28. The largest absolute Gasteiger partial charge is 0.384 e. The fraction of sp³-hybridized carbons (Fsp3) is 0.333. The molecule has 0 aliphatic carbocycles. The molecule has 1 atom stereocenters. The molecule has 0 fully saturated rings. The summed E-state index contributed by atoms with van der Waals surface area (Å²) in [6, 6.07) is 12.2. The third-order valence-corrected chi connectivity index (χ3v) is 6.48. The van der Waals surface area contributed by atoms with Gasteiger partial charge in [0.25, 0.3) is 0 Å². The molecule has 0 spiro atoms. The number of nitrogens with one attached hydrogen (secondary N) is 2. The Morgan fingerprint density at radius 1 is 1.10 bits per heavy atom. The van der Waals surface area contributed by atoms with Crippen LogP contribution in [0.4, 0.5) is 5.69 Å². The second-order valence-electron chi connectivity index (χ2n) is 7.46. The number of benzene rings is 2. The van der Waals surface area contributed by atoms with Gasteiger partial charge < -0.3 is 11.1 Å². The molecule has 0 saturated heterocycles. The van der Waals surface area contributed by atoms with E-state index in [2.05, 4.69) is 5.32 Å². The van der Waals surface area contributed by atoms with Gasteiger partial charge in [-0.25, -0.2) is 8.42 Å². The standard InChI is InChI=1S/C21H28N4O3S/c1-14(2)13-19(21(26)24-17-9-7-16(8-10-17)20(22)23)25(4)29(27,28)18-11-5-15(3)6-12-18/h5-12,14,19H,13H2,1-4H3,(H3,22,23)(H,24,26). The molecule has 29 heavy (non-hydrogen) atoms. The van der Waals surface area contributed by atoms with Crippen LogP contribution in [0.25, 0.3) is 0 Å². The van der Waals surface area contributed by atoms with Crippen molar-refractivity contribution in [1.29, 1.82) is 5.41 Å². The Morgan fingerprint density at radius 3 is 2.14 bits per heavy atom. The summed E-state index contributed by atoms with van der Waals surface area (Å²) in [5, 5.41) is 10.2. The van der Waals surface area contributed by atoms with Crippen molar-refractivity contribution in [3.8, 4) is 0 Å². The van der Waals surface area contributed by atoms with Gasteiger partial charge in [-0.15, -0.1) is 0 Å². The van der Waals surface area contributed by atoms with E-state index in [1.54, 1.807) is 48.5 Å². The number of nitrogens with two attached hydrogens (primary N) is 1. The van der Waals surface area contributed by atoms with Gasteiger partial charge in [-0.3, -0.25) is 10.2 Å². The van der Waals surface area contributed by atoms with Gasteiger partial charge in [0.05, 0.1) is 4.90 Å². The van der Waals surface area contributed by atoms with Crippen LogP contribution in [0.3, 0.4) is 0 Å². The summed E-state index contributed by atoms with van der Waals surface area (Å²) < 4.78 is 27.2. The van der Waals surface area contributed by atoms with E-state index < -0.39 is 22.0 Å². The average Bonchev–Trinajstić information content (AvgIpc) is 2.66. The minimum Gasteiger partial charge on any atom is -0.384 e. The third kappa shape index (κ3) is 5.65. The fourth-order valence-electron chi connectivity index (χ4n) is 2.87. The maximum atomic E-state index is 13.1. The molecular formula is C21H28N4O3S. The van der Waals surface area contributed by atoms with Crippen LogP contribution in [0.1, 0.15) is 31.4 Å². The second kappa shape index (κ2) is 9.19. The first-order valence-corrected chi connectivity index (χ1v) is 10.8. The van der Waals surface area contributed by atoms with Gasteiger partial charge >= 0.3 is 0 Å². The van der Waals surface area contributed by atoms with Crippen molar-refractivity contribution < 1.29 is 13.2 Å². The van der Waals surface area contributed by atoms with Gasteiger partial charge in [-0.2, -0.15) is 4.31 Å². The third-order valence-electron chi connectivity index (χ3n) is 4.60. The number of likely N-dealkylation sites (N-methyl/N-ethyl adjacent to an activating group) is 1. The first-order valence-electron chi connectivity index (χ1n) is 9.32. The number of amidine groups is 1. The van der Waals surface area contributed by atoms with Crippen molar-refractivity contribution in [2.24, 2.45) is 11.7 Å². The van der Waals surface area contributed by atoms with Crippen LogP contribution in [0.2, 0.25) is 0 Å². The number of amides is 1. The van der Waals surface area contributed by atoms with Crippen molar-refractivity contribution in [2.75, 3.05) is 12.4 Å². The molecule has 7 nitrogen and oxygen atoms in total. The minimum atomic E-state index is -3.83. The molecule has 2 aromatic rings. The molecule has 0 aliphatic heterocycles. The number of carbonyl (C=O) groups excluding carboxylic acids is 1. The molecule has 8 heteroatoms. The smallest absolute Gasteiger partial charge is 0.243 e. The molecule has 0 aliphatic rings. The molecule has 0 aromatic heterocycles. The Labute approximate surface area is 172 Å². The Balaban J connectivity index is 2.28. The Morgan fingerprint density at radius 2 is 1.66 bits per heavy atom. The van der Waals surface area contributed by atoms with Crippen molar-refractivity contribution in [3.05, 3.63) is 59.7 Å². The first-order chi connectivity index (χ1) is 13.5. The van der Waals surface area contributed by atoms with Gasteiger partial charge in [-0.1, -0.05) is 31.5 Å². The number of hydrogen-bond donors (Lipinski definition) is 3. The van der Waals surface area contributed by atoms with Gasteiger partial charge in [-0.05, 0) is 55.7 Å². The van der Waals surface area contributed by atoms with Gasteiger partial charge in [0.15, 0.2) is 0 Å². The predicted octanol–water partition coefficient (Wildman–Crippen LogP) is 2.95. The maximum Gasteiger partial charge on any atom is 0.243 e. The highest BCUT2D eigenvalue weighted by atomic mass is 32.2. The van der Waals surface area contributed by atoms with Crippen LogP contribution < -0.4 is 11.1 Å². The predicted molar refractivity (Wildman–Crippen MR) is 115 cm³/mol. The van der Waals surface area contributed by atoms with Crippen molar-refractivity contribution in [2.45, 2.75) is 38.1 Å². The SMILES string of the molecule is Cc1ccc(S(=O)(=O)N(C)C(CC(C)C)C(=O)Nc2ccc(C(=N)N)cc2)cc1. The van der Waals surface area contributed by atoms with E-state index in [0.29, 0.717) is 17.7 Å². The molecule has 2 aromatic carbocycles. The molecule has 0 bridgehead atoms. The Kier molecular flexibility index (Phi) is 7.16. The summed E-state index contributed by atoms with van der Waals surface area (Å²) in [7, 11) is -2.40. The zero-order valence-corrected chi connectivity index (χ0v) is 18.0. The first kappa shape index (κ1) is 22.6. The van der Waals surface area contributed by atoms with Crippen LogP contribution in [0, 0.1) is 18.3 Å². The topological polar surface area (TPSA) is 116 Å². The van der Waals surface area contributed by atoms with Crippen LogP contribution in [-0.2, 0) is 14.8 Å². The number of aryl methyl sites for hydroxylation is 1. The minimum absolute atomic E-state index is 0.0653. The van der Waals surface area contributed by atoms with Crippen LogP contribution in [0.5, 0.6) is 0 Å². The number of nitrogen functional groups attached to an aromatic ring is 1. The normalized spacial score (nSPS) is 12.8. The zero-order chi connectivity index (χ0) is 21.8. The van der Waals surface area contributed by atoms with Gasteiger partial charge in [0.1, 0.15) is 11.9 Å². The molecule has 0 radical (unpaired) electrons. The van der Waals surface area contributed by atoms with E-state index >= 15 is 0 Å². The van der Waals surface area contributed by atoms with E-state index in [9.17, 15) is 13.2 Å². The van der Waals surface area contributed by atoms with Gasteiger partial charge in [0.2, 0.25) is 15.9 Å². The highest BCUT2D eigenvalue weighted by molar-refractivity contribution is 7.89. The number of rotatable bonds is 8. The highest BCUT2D eigenvalue weighted by Gasteiger charge is 2.33. The van der Waals surface area contributed by atoms with Crippen LogP contribution in [0.15, 0.2) is 53.4 Å². The molecule has 0 saturated carbocycles. The highest BCUT2D eigenvalue weighted by Crippen LogP contribution is 2.22. The molecular weight excluding hydrogens is 388 g/mol. The summed E-state index contributed by atoms with van der Waals surface area (Å²) in [6.45, 7) is 5.76.